The third kappa shape index (κ3) is 8.20. The van der Waals surface area contributed by atoms with E-state index < -0.39 is 0 Å². The Balaban J connectivity index is 0. The predicted octanol–water partition coefficient (Wildman–Crippen LogP) is -0.680. The molecule has 0 saturated carbocycles. The fourth-order valence-corrected chi connectivity index (χ4v) is 0.405. The zero-order chi connectivity index (χ0) is 9.56. The minimum atomic E-state index is -0.354. The van der Waals surface area contributed by atoms with Crippen LogP contribution in [-0.2, 0) is 32.1 Å². The largest absolute Gasteiger partial charge is 0.478 e. The van der Waals surface area contributed by atoms with Crippen LogP contribution in [0.5, 0.6) is 0 Å². The summed E-state index contributed by atoms with van der Waals surface area (Å²) in [6.07, 6.45) is -0.708. The quantitative estimate of drug-likeness (QED) is 0.499. The molecule has 0 bridgehead atoms. The molecule has 2 unspecified atom stereocenters. The molecule has 83 valence electrons. The first-order valence-corrected chi connectivity index (χ1v) is 3.81. The topological polar surface area (TPSA) is 90.6 Å². The zero-order valence-corrected chi connectivity index (χ0v) is 9.18. The summed E-state index contributed by atoms with van der Waals surface area (Å²) in [5.74, 6) is 0. The summed E-state index contributed by atoms with van der Waals surface area (Å²) in [7, 11) is 0. The van der Waals surface area contributed by atoms with Gasteiger partial charge in [-0.05, 0) is 13.8 Å². The van der Waals surface area contributed by atoms with Gasteiger partial charge in [-0.3, -0.25) is 0 Å². The van der Waals surface area contributed by atoms with Gasteiger partial charge in [-0.1, -0.05) is 0 Å². The Morgan fingerprint density at radius 1 is 1.15 bits per heavy atom. The standard InChI is InChI=1S/C6H16N3O3.Ag/c1-5(3-7)11-9(10)12-6(2)4-8;/h5-6H,3-4,7-8H2,1-2H3;/q+1;. The molecule has 0 rings (SSSR count). The monoisotopic (exact) mass is 285 g/mol. The molecule has 0 heterocycles. The smallest absolute Gasteiger partial charge is 0.327 e. The average Bonchev–Trinajstić information content (AvgIpc) is 2.03. The maximum Gasteiger partial charge on any atom is 0.478 e. The second-order valence-corrected chi connectivity index (χ2v) is 2.53. The minimum Gasteiger partial charge on any atom is -0.327 e. The summed E-state index contributed by atoms with van der Waals surface area (Å²) in [4.78, 5) is 20.0. The predicted molar refractivity (Wildman–Crippen MR) is 42.8 cm³/mol. The van der Waals surface area contributed by atoms with E-state index in [1.165, 1.54) is 0 Å². The molecule has 1 radical (unpaired) electrons. The van der Waals surface area contributed by atoms with Crippen molar-refractivity contribution in [2.45, 2.75) is 26.1 Å². The molecule has 0 amide bonds. The summed E-state index contributed by atoms with van der Waals surface area (Å²) in [6, 6.07) is 0. The molecule has 0 aliphatic heterocycles. The van der Waals surface area contributed by atoms with Gasteiger partial charge in [0.15, 0.2) is 12.2 Å². The van der Waals surface area contributed by atoms with Crippen molar-refractivity contribution in [3.63, 3.8) is 0 Å². The van der Waals surface area contributed by atoms with Crippen LogP contribution in [0.4, 0.5) is 0 Å². The Kier molecular flexibility index (Phi) is 9.98. The molecule has 0 aliphatic rings. The van der Waals surface area contributed by atoms with Crippen LogP contribution in [0.25, 0.3) is 0 Å². The molecule has 13 heavy (non-hydrogen) atoms. The zero-order valence-electron chi connectivity index (χ0n) is 7.70. The molecule has 0 aromatic heterocycles. The molecular weight excluding hydrogens is 270 g/mol. The van der Waals surface area contributed by atoms with Crippen molar-refractivity contribution in [2.24, 2.45) is 11.5 Å². The second kappa shape index (κ2) is 8.46. The first-order chi connectivity index (χ1) is 5.60. The molecular formula is C6H16AgN3O3+. The fourth-order valence-electron chi connectivity index (χ4n) is 0.405. The first-order valence-electron chi connectivity index (χ1n) is 3.81. The molecule has 0 saturated heterocycles. The number of hydrogen-bond donors (Lipinski definition) is 2. The van der Waals surface area contributed by atoms with E-state index in [0.29, 0.717) is 0 Å². The van der Waals surface area contributed by atoms with Gasteiger partial charge in [-0.2, -0.15) is 9.68 Å². The van der Waals surface area contributed by atoms with Gasteiger partial charge in [-0.15, -0.1) is 0 Å². The summed E-state index contributed by atoms with van der Waals surface area (Å²) in [6.45, 7) is 3.86. The van der Waals surface area contributed by atoms with Gasteiger partial charge in [0.05, 0.1) is 0 Å². The summed E-state index contributed by atoms with van der Waals surface area (Å²) >= 11 is 0. The Morgan fingerprint density at radius 3 is 1.69 bits per heavy atom. The van der Waals surface area contributed by atoms with Crippen LogP contribution in [0.1, 0.15) is 13.8 Å². The SMILES string of the molecule is CC(CN)O[N+](=O)OC(C)CN.[Ag]. The Morgan fingerprint density at radius 2 is 1.46 bits per heavy atom. The van der Waals surface area contributed by atoms with Crippen molar-refractivity contribution in [3.05, 3.63) is 4.91 Å². The van der Waals surface area contributed by atoms with Gasteiger partial charge in [0, 0.05) is 35.5 Å². The molecule has 0 aromatic carbocycles. The number of hydrogen-bond acceptors (Lipinski definition) is 5. The molecule has 0 spiro atoms. The van der Waals surface area contributed by atoms with Crippen molar-refractivity contribution in [1.29, 1.82) is 0 Å². The maximum absolute atomic E-state index is 10.7. The van der Waals surface area contributed by atoms with E-state index in [9.17, 15) is 4.91 Å². The summed E-state index contributed by atoms with van der Waals surface area (Å²) in [5, 5.41) is 0.0506. The molecule has 4 N–H and O–H groups in total. The fraction of sp³-hybridized carbons (Fsp3) is 1.00. The Bertz CT molecular complexity index is 133. The molecule has 6 nitrogen and oxygen atoms in total. The Hall–Kier alpha value is -0.140. The van der Waals surface area contributed by atoms with Gasteiger partial charge in [0.25, 0.3) is 0 Å². The van der Waals surface area contributed by atoms with Crippen molar-refractivity contribution >= 4 is 0 Å². The minimum absolute atomic E-state index is 0. The molecule has 2 atom stereocenters. The molecule has 7 heteroatoms. The van der Waals surface area contributed by atoms with E-state index >= 15 is 0 Å². The van der Waals surface area contributed by atoms with E-state index in [-0.39, 0.29) is 52.8 Å². The number of nitrogens with two attached hydrogens (primary N) is 2. The van der Waals surface area contributed by atoms with E-state index in [0.717, 1.165) is 0 Å². The van der Waals surface area contributed by atoms with Crippen LogP contribution < -0.4 is 11.5 Å². The normalized spacial score (nSPS) is 13.8. The van der Waals surface area contributed by atoms with Crippen LogP contribution in [0.2, 0.25) is 0 Å². The van der Waals surface area contributed by atoms with Crippen molar-refractivity contribution in [3.8, 4) is 0 Å². The molecule has 0 aliphatic carbocycles. The van der Waals surface area contributed by atoms with Crippen LogP contribution in [0.15, 0.2) is 0 Å². The first kappa shape index (κ1) is 15.3. The number of rotatable bonds is 6. The van der Waals surface area contributed by atoms with E-state index in [1.807, 2.05) is 0 Å². The third-order valence-electron chi connectivity index (χ3n) is 1.20. The summed E-state index contributed by atoms with van der Waals surface area (Å²) in [5.41, 5.74) is 10.4. The molecule has 0 fully saturated rings. The van der Waals surface area contributed by atoms with Gasteiger partial charge >= 0.3 is 5.09 Å². The van der Waals surface area contributed by atoms with Crippen LogP contribution in [-0.4, -0.2) is 30.4 Å². The van der Waals surface area contributed by atoms with E-state index in [2.05, 4.69) is 9.68 Å². The van der Waals surface area contributed by atoms with Crippen LogP contribution in [0, 0.1) is 4.91 Å². The number of nitrogens with zero attached hydrogens (tertiary/aromatic N) is 1. The molecule has 0 aromatic rings. The van der Waals surface area contributed by atoms with Gasteiger partial charge < -0.3 is 11.5 Å². The maximum atomic E-state index is 10.7. The van der Waals surface area contributed by atoms with Crippen molar-refractivity contribution in [2.75, 3.05) is 13.1 Å². The summed E-state index contributed by atoms with van der Waals surface area (Å²) < 4.78 is 0. The average molecular weight is 286 g/mol. The van der Waals surface area contributed by atoms with Gasteiger partial charge in [-0.25, -0.2) is 0 Å². The third-order valence-corrected chi connectivity index (χ3v) is 1.20. The van der Waals surface area contributed by atoms with Crippen LogP contribution in [0.3, 0.4) is 0 Å². The van der Waals surface area contributed by atoms with Crippen molar-refractivity contribution in [1.82, 2.24) is 0 Å². The van der Waals surface area contributed by atoms with Crippen molar-refractivity contribution < 1.29 is 37.1 Å². The van der Waals surface area contributed by atoms with Gasteiger partial charge in [0.1, 0.15) is 4.91 Å². The Labute approximate surface area is 92.9 Å². The van der Waals surface area contributed by atoms with E-state index in [4.69, 9.17) is 11.5 Å². The second-order valence-electron chi connectivity index (χ2n) is 2.53. The van der Waals surface area contributed by atoms with Crippen LogP contribution >= 0.6 is 0 Å². The van der Waals surface area contributed by atoms with Gasteiger partial charge in [0.2, 0.25) is 0 Å². The van der Waals surface area contributed by atoms with E-state index in [1.54, 1.807) is 13.8 Å².